The van der Waals surface area contributed by atoms with Gasteiger partial charge in [-0.2, -0.15) is 0 Å². The van der Waals surface area contributed by atoms with Gasteiger partial charge in [-0.15, -0.1) is 0 Å². The number of ether oxygens (including phenoxy) is 1. The van der Waals surface area contributed by atoms with Crippen molar-refractivity contribution >= 4 is 49.7 Å². The molecule has 0 unspecified atom stereocenters. The number of methoxy groups -OCH3 is 1. The topological polar surface area (TPSA) is 66.4 Å². The molecule has 0 saturated heterocycles. The molecule has 10 heavy (non-hydrogen) atoms. The summed E-state index contributed by atoms with van der Waals surface area (Å²) in [7, 11) is 1.15. The third-order valence-electron chi connectivity index (χ3n) is 0.557. The zero-order valence-corrected chi connectivity index (χ0v) is 7.70. The van der Waals surface area contributed by atoms with Crippen molar-refractivity contribution in [3.63, 3.8) is 0 Å². The van der Waals surface area contributed by atoms with Crippen LogP contribution in [0.3, 0.4) is 0 Å². The number of carbonyl (C=O) groups is 2. The summed E-state index contributed by atoms with van der Waals surface area (Å²) in [4.78, 5) is 19.7. The molecule has 0 rings (SSSR count). The van der Waals surface area contributed by atoms with E-state index in [4.69, 9.17) is 0 Å². The first-order valence-corrected chi connectivity index (χ1v) is 2.14. The summed E-state index contributed by atoms with van der Waals surface area (Å²) < 4.78 is 4.08. The van der Waals surface area contributed by atoms with Crippen molar-refractivity contribution < 1.29 is 19.4 Å². The molecule has 5 heteroatoms. The molecule has 0 aromatic heterocycles. The first-order valence-electron chi connectivity index (χ1n) is 2.14. The van der Waals surface area contributed by atoms with Gasteiger partial charge in [0.2, 0.25) is 0 Å². The summed E-state index contributed by atoms with van der Waals surface area (Å²) in [5.41, 5.74) is 0. The minimum Gasteiger partial charge on any atom is -0.545 e. The van der Waals surface area contributed by atoms with Crippen LogP contribution in [0.1, 0.15) is 0 Å². The van der Waals surface area contributed by atoms with Crippen molar-refractivity contribution in [2.45, 2.75) is 0 Å². The average Bonchev–Trinajstić information content (AvgIpc) is 1.83. The van der Waals surface area contributed by atoms with E-state index < -0.39 is 11.9 Å². The first kappa shape index (κ1) is 12.6. The number of hydrogen-bond donors (Lipinski definition) is 0. The van der Waals surface area contributed by atoms with E-state index in [1.165, 1.54) is 0 Å². The van der Waals surface area contributed by atoms with E-state index in [0.717, 1.165) is 13.2 Å². The number of hydrogen-bond acceptors (Lipinski definition) is 4. The molecule has 0 aromatic carbocycles. The maximum absolute atomic E-state index is 10.1. The molecule has 0 fully saturated rings. The Hall–Kier alpha value is -0.0603. The largest absolute Gasteiger partial charge is 1.00 e. The molecule has 0 saturated carbocycles. The van der Waals surface area contributed by atoms with Gasteiger partial charge in [-0.1, -0.05) is 0 Å². The quantitative estimate of drug-likeness (QED) is 0.275. The molecule has 0 heterocycles. The molecule has 1 radical (unpaired) electrons. The van der Waals surface area contributed by atoms with Gasteiger partial charge in [0, 0.05) is 6.08 Å². The van der Waals surface area contributed by atoms with Gasteiger partial charge in [-0.25, -0.2) is 4.79 Å². The molecule has 0 atom stereocenters. The summed E-state index contributed by atoms with van der Waals surface area (Å²) in [6.45, 7) is 0. The smallest absolute Gasteiger partial charge is 0.545 e. The average molecular weight is 169 g/mol. The van der Waals surface area contributed by atoms with Crippen LogP contribution in [0.5, 0.6) is 0 Å². The Morgan fingerprint density at radius 1 is 1.40 bits per heavy atom. The normalized spacial score (nSPS) is 8.50. The summed E-state index contributed by atoms with van der Waals surface area (Å²) in [5, 5.41) is 9.61. The minimum absolute atomic E-state index is 0. The van der Waals surface area contributed by atoms with Crippen LogP contribution < -0.4 is 5.11 Å². The van der Waals surface area contributed by atoms with Gasteiger partial charge < -0.3 is 14.6 Å². The maximum Gasteiger partial charge on any atom is 1.00 e. The molecule has 0 aliphatic rings. The minimum atomic E-state index is -1.42. The molecule has 51 valence electrons. The van der Waals surface area contributed by atoms with Crippen molar-refractivity contribution in [1.82, 2.24) is 0 Å². The Kier molecular flexibility index (Phi) is 8.89. The van der Waals surface area contributed by atoms with E-state index >= 15 is 0 Å². The number of rotatable bonds is 2. The van der Waals surface area contributed by atoms with Crippen molar-refractivity contribution in [3.8, 4) is 0 Å². The molecule has 0 aliphatic carbocycles. The van der Waals surface area contributed by atoms with Crippen LogP contribution in [0.2, 0.25) is 0 Å². The summed E-state index contributed by atoms with van der Waals surface area (Å²) in [6, 6.07) is 0. The fourth-order valence-electron chi connectivity index (χ4n) is 0.204. The monoisotopic (exact) mass is 169 g/mol. The molecule has 0 amide bonds. The number of carbonyl (C=O) groups excluding carboxylic acids is 2. The van der Waals surface area contributed by atoms with Gasteiger partial charge >= 0.3 is 43.7 Å². The number of carboxylic acid groups (broad SMARTS) is 1. The van der Waals surface area contributed by atoms with Crippen LogP contribution in [0, 0.1) is 0 Å². The van der Waals surface area contributed by atoms with Gasteiger partial charge in [0.25, 0.3) is 0 Å². The zero-order valence-electron chi connectivity index (χ0n) is 5.49. The van der Waals surface area contributed by atoms with E-state index in [1.54, 1.807) is 0 Å². The van der Waals surface area contributed by atoms with Crippen molar-refractivity contribution in [2.75, 3.05) is 7.11 Å². The van der Waals surface area contributed by atoms with Crippen molar-refractivity contribution in [2.24, 2.45) is 0 Å². The van der Waals surface area contributed by atoms with Crippen LogP contribution in [0.25, 0.3) is 0 Å². The van der Waals surface area contributed by atoms with Gasteiger partial charge in [-0.3, -0.25) is 0 Å². The molecule has 0 spiro atoms. The van der Waals surface area contributed by atoms with E-state index in [-0.39, 0.29) is 37.7 Å². The van der Waals surface area contributed by atoms with Gasteiger partial charge in [0.1, 0.15) is 0 Å². The Labute approximate surface area is 87.9 Å². The predicted octanol–water partition coefficient (Wildman–Crippen LogP) is -1.92. The van der Waals surface area contributed by atoms with Crippen LogP contribution in [-0.4, -0.2) is 56.8 Å². The van der Waals surface area contributed by atoms with Gasteiger partial charge in [0.05, 0.1) is 13.1 Å². The van der Waals surface area contributed by atoms with Crippen LogP contribution in [-0.2, 0) is 14.3 Å². The van der Waals surface area contributed by atoms with Crippen LogP contribution in [0.15, 0.2) is 12.2 Å². The number of carboxylic acids is 1. The summed E-state index contributed by atoms with van der Waals surface area (Å²) in [6.07, 6.45) is 1.38. The molecular weight excluding hydrogens is 164 g/mol. The molecule has 0 N–H and O–H groups in total. The number of aliphatic carboxylic acids is 1. The maximum atomic E-state index is 10.1. The van der Waals surface area contributed by atoms with Crippen LogP contribution in [0.4, 0.5) is 0 Å². The molecule has 0 aliphatic heterocycles. The van der Waals surface area contributed by atoms with E-state index in [1.807, 2.05) is 0 Å². The third-order valence-corrected chi connectivity index (χ3v) is 0.557. The molecule has 0 aromatic rings. The summed E-state index contributed by atoms with van der Waals surface area (Å²) in [5.74, 6) is -2.13. The van der Waals surface area contributed by atoms with Crippen LogP contribution >= 0.6 is 0 Å². The van der Waals surface area contributed by atoms with Crippen molar-refractivity contribution in [3.05, 3.63) is 12.2 Å². The number of esters is 1. The van der Waals surface area contributed by atoms with Gasteiger partial charge in [-0.05, 0) is 6.08 Å². The third kappa shape index (κ3) is 7.94. The van der Waals surface area contributed by atoms with Gasteiger partial charge in [0.15, 0.2) is 0 Å². The first-order chi connectivity index (χ1) is 4.16. The van der Waals surface area contributed by atoms with E-state index in [2.05, 4.69) is 4.74 Å². The Balaban J connectivity index is 0. The Bertz CT molecular complexity index is 152. The van der Waals surface area contributed by atoms with E-state index in [9.17, 15) is 14.7 Å². The Morgan fingerprint density at radius 2 is 1.90 bits per heavy atom. The summed E-state index contributed by atoms with van der Waals surface area (Å²) >= 11 is 0. The zero-order chi connectivity index (χ0) is 7.28. The second-order valence-electron chi connectivity index (χ2n) is 1.18. The Morgan fingerprint density at radius 3 is 2.20 bits per heavy atom. The van der Waals surface area contributed by atoms with Crippen molar-refractivity contribution in [1.29, 1.82) is 0 Å². The fourth-order valence-corrected chi connectivity index (χ4v) is 0.204. The molecular formula is C5H5CaO4. The molecule has 0 bridgehead atoms. The van der Waals surface area contributed by atoms with E-state index in [0.29, 0.717) is 6.08 Å². The second kappa shape index (κ2) is 7.05. The standard InChI is InChI=1S/C5H6O4.Ca/c1-9-5(8)3-2-4(6)7;/h2-3H,1H3,(H,6,7);/q;+1/p-1/b3-2-;. The second-order valence-corrected chi connectivity index (χ2v) is 1.18. The molecule has 4 nitrogen and oxygen atoms in total. The SMILES string of the molecule is COC(=O)/C=C\C(=O)[O-].[Ca+]. The predicted molar refractivity (Wildman–Crippen MR) is 31.9 cm³/mol. The fraction of sp³-hybridized carbons (Fsp3) is 0.200.